The topological polar surface area (TPSA) is 61.8 Å². The van der Waals surface area contributed by atoms with Gasteiger partial charge in [0.15, 0.2) is 5.96 Å². The zero-order chi connectivity index (χ0) is 19.8. The Morgan fingerprint density at radius 1 is 1.18 bits per heavy atom. The first-order valence-electron chi connectivity index (χ1n) is 10.0. The second-order valence-corrected chi connectivity index (χ2v) is 7.08. The number of ether oxygens (including phenoxy) is 1. The van der Waals surface area contributed by atoms with Crippen molar-refractivity contribution in [1.82, 2.24) is 15.6 Å². The lowest BCUT2D eigenvalue weighted by Gasteiger charge is -2.17. The van der Waals surface area contributed by atoms with Crippen LogP contribution in [0.4, 0.5) is 5.82 Å². The predicted molar refractivity (Wildman–Crippen MR) is 115 cm³/mol. The van der Waals surface area contributed by atoms with E-state index in [4.69, 9.17) is 9.73 Å². The highest BCUT2D eigenvalue weighted by Gasteiger charge is 2.13. The maximum atomic E-state index is 5.50. The fourth-order valence-electron chi connectivity index (χ4n) is 3.37. The van der Waals surface area contributed by atoms with Gasteiger partial charge in [0.05, 0.1) is 13.7 Å². The number of hydrogen-bond donors (Lipinski definition) is 2. The molecule has 2 N–H and O–H groups in total. The molecular formula is C22H31N5O. The summed E-state index contributed by atoms with van der Waals surface area (Å²) < 4.78 is 5.50. The number of methoxy groups -OCH3 is 1. The summed E-state index contributed by atoms with van der Waals surface area (Å²) in [6, 6.07) is 10.4. The van der Waals surface area contributed by atoms with Gasteiger partial charge < -0.3 is 20.3 Å². The number of anilines is 1. The lowest BCUT2D eigenvalue weighted by molar-refractivity contribution is 0.408. The minimum Gasteiger partial charge on any atom is -0.496 e. The third kappa shape index (κ3) is 5.38. The molecular weight excluding hydrogens is 350 g/mol. The van der Waals surface area contributed by atoms with E-state index in [0.717, 1.165) is 42.7 Å². The largest absolute Gasteiger partial charge is 0.496 e. The third-order valence-corrected chi connectivity index (χ3v) is 4.89. The first-order valence-corrected chi connectivity index (χ1v) is 10.0. The molecule has 1 saturated heterocycles. The minimum atomic E-state index is 0.615. The van der Waals surface area contributed by atoms with Crippen molar-refractivity contribution in [2.24, 2.45) is 4.99 Å². The van der Waals surface area contributed by atoms with Crippen molar-refractivity contribution in [3.63, 3.8) is 0 Å². The normalized spacial score (nSPS) is 14.2. The van der Waals surface area contributed by atoms with E-state index in [0.29, 0.717) is 13.1 Å². The van der Waals surface area contributed by atoms with Crippen LogP contribution >= 0.6 is 0 Å². The van der Waals surface area contributed by atoms with Crippen LogP contribution in [0.3, 0.4) is 0 Å². The Bertz CT molecular complexity index is 799. The van der Waals surface area contributed by atoms with Gasteiger partial charge in [0.25, 0.3) is 0 Å². The van der Waals surface area contributed by atoms with Gasteiger partial charge in [0, 0.05) is 37.9 Å². The van der Waals surface area contributed by atoms with Gasteiger partial charge in [-0.2, -0.15) is 0 Å². The molecule has 0 spiro atoms. The zero-order valence-corrected chi connectivity index (χ0v) is 17.2. The van der Waals surface area contributed by atoms with Gasteiger partial charge in [-0.25, -0.2) is 9.98 Å². The fraction of sp³-hybridized carbons (Fsp3) is 0.455. The number of pyridine rings is 1. The molecule has 2 aromatic rings. The van der Waals surface area contributed by atoms with Crippen molar-refractivity contribution in [1.29, 1.82) is 0 Å². The number of nitrogens with zero attached hydrogens (tertiary/aromatic N) is 3. The van der Waals surface area contributed by atoms with Crippen LogP contribution < -0.4 is 20.3 Å². The van der Waals surface area contributed by atoms with E-state index in [9.17, 15) is 0 Å². The molecule has 0 saturated carbocycles. The molecule has 0 aliphatic carbocycles. The highest BCUT2D eigenvalue weighted by molar-refractivity contribution is 5.79. The van der Waals surface area contributed by atoms with Crippen molar-refractivity contribution in [3.8, 4) is 5.75 Å². The molecule has 28 heavy (non-hydrogen) atoms. The molecule has 0 atom stereocenters. The second kappa shape index (κ2) is 9.97. The molecule has 1 fully saturated rings. The SMILES string of the molecule is CCNC(=NCc1ccnc(N2CCCC2)c1)NCc1ccc(C)cc1OC. The summed E-state index contributed by atoms with van der Waals surface area (Å²) in [5.74, 6) is 2.75. The number of rotatable bonds is 7. The summed E-state index contributed by atoms with van der Waals surface area (Å²) >= 11 is 0. The van der Waals surface area contributed by atoms with Crippen molar-refractivity contribution in [2.45, 2.75) is 39.8 Å². The second-order valence-electron chi connectivity index (χ2n) is 7.08. The molecule has 150 valence electrons. The Kier molecular flexibility index (Phi) is 7.12. The minimum absolute atomic E-state index is 0.615. The van der Waals surface area contributed by atoms with Crippen LogP contribution in [-0.2, 0) is 13.1 Å². The quantitative estimate of drug-likeness (QED) is 0.569. The van der Waals surface area contributed by atoms with Gasteiger partial charge in [-0.05, 0) is 56.0 Å². The predicted octanol–water partition coefficient (Wildman–Crippen LogP) is 3.25. The highest BCUT2D eigenvalue weighted by atomic mass is 16.5. The average Bonchev–Trinajstić information content (AvgIpc) is 3.26. The van der Waals surface area contributed by atoms with E-state index in [-0.39, 0.29) is 0 Å². The van der Waals surface area contributed by atoms with Crippen LogP contribution in [0.25, 0.3) is 0 Å². The summed E-state index contributed by atoms with van der Waals surface area (Å²) in [5.41, 5.74) is 3.47. The first kappa shape index (κ1) is 20.0. The van der Waals surface area contributed by atoms with E-state index in [1.807, 2.05) is 12.3 Å². The van der Waals surface area contributed by atoms with Gasteiger partial charge in [-0.3, -0.25) is 0 Å². The smallest absolute Gasteiger partial charge is 0.191 e. The standard InChI is InChI=1S/C22H31N5O/c1-4-23-22(26-16-19-8-7-17(2)13-20(19)28-3)25-15-18-9-10-24-21(14-18)27-11-5-6-12-27/h7-10,13-14H,4-6,11-12,15-16H2,1-3H3,(H2,23,25,26). The number of aromatic nitrogens is 1. The number of nitrogens with one attached hydrogen (secondary N) is 2. The van der Waals surface area contributed by atoms with Gasteiger partial charge in [-0.15, -0.1) is 0 Å². The summed E-state index contributed by atoms with van der Waals surface area (Å²) in [4.78, 5) is 11.6. The molecule has 1 aromatic heterocycles. The Morgan fingerprint density at radius 2 is 2.00 bits per heavy atom. The van der Waals surface area contributed by atoms with E-state index in [2.05, 4.69) is 58.6 Å². The Morgan fingerprint density at radius 3 is 2.75 bits per heavy atom. The zero-order valence-electron chi connectivity index (χ0n) is 17.2. The van der Waals surface area contributed by atoms with Crippen molar-refractivity contribution < 1.29 is 4.74 Å². The molecule has 1 aliphatic heterocycles. The summed E-state index contributed by atoms with van der Waals surface area (Å²) in [7, 11) is 1.71. The van der Waals surface area contributed by atoms with E-state index in [1.165, 1.54) is 24.0 Å². The number of hydrogen-bond acceptors (Lipinski definition) is 4. The monoisotopic (exact) mass is 381 g/mol. The number of aliphatic imine (C=N–C) groups is 1. The highest BCUT2D eigenvalue weighted by Crippen LogP contribution is 2.20. The van der Waals surface area contributed by atoms with E-state index in [1.54, 1.807) is 7.11 Å². The number of aryl methyl sites for hydroxylation is 1. The lowest BCUT2D eigenvalue weighted by atomic mass is 10.1. The molecule has 1 aliphatic rings. The first-order chi connectivity index (χ1) is 13.7. The van der Waals surface area contributed by atoms with Crippen LogP contribution in [0, 0.1) is 6.92 Å². The molecule has 6 nitrogen and oxygen atoms in total. The lowest BCUT2D eigenvalue weighted by Crippen LogP contribution is -2.36. The number of guanidine groups is 1. The van der Waals surface area contributed by atoms with Crippen LogP contribution in [-0.4, -0.2) is 37.7 Å². The molecule has 0 bridgehead atoms. The van der Waals surface area contributed by atoms with Crippen LogP contribution in [0.5, 0.6) is 5.75 Å². The fourth-order valence-corrected chi connectivity index (χ4v) is 3.37. The number of benzene rings is 1. The molecule has 1 aromatic carbocycles. The van der Waals surface area contributed by atoms with E-state index < -0.39 is 0 Å². The molecule has 3 rings (SSSR count). The van der Waals surface area contributed by atoms with Crippen LogP contribution in [0.15, 0.2) is 41.5 Å². The third-order valence-electron chi connectivity index (χ3n) is 4.89. The van der Waals surface area contributed by atoms with Crippen molar-refractivity contribution >= 4 is 11.8 Å². The summed E-state index contributed by atoms with van der Waals surface area (Å²) in [6.07, 6.45) is 4.39. The molecule has 6 heteroatoms. The maximum absolute atomic E-state index is 5.50. The molecule has 0 radical (unpaired) electrons. The van der Waals surface area contributed by atoms with Crippen molar-refractivity contribution in [3.05, 3.63) is 53.2 Å². The average molecular weight is 382 g/mol. The molecule has 0 amide bonds. The summed E-state index contributed by atoms with van der Waals surface area (Å²) in [5, 5.41) is 6.72. The van der Waals surface area contributed by atoms with Gasteiger partial charge in [0.1, 0.15) is 11.6 Å². The van der Waals surface area contributed by atoms with Gasteiger partial charge >= 0.3 is 0 Å². The summed E-state index contributed by atoms with van der Waals surface area (Å²) in [6.45, 7) is 8.42. The van der Waals surface area contributed by atoms with E-state index >= 15 is 0 Å². The maximum Gasteiger partial charge on any atom is 0.191 e. The molecule has 2 heterocycles. The Labute approximate surface area is 168 Å². The van der Waals surface area contributed by atoms with Crippen LogP contribution in [0.1, 0.15) is 36.5 Å². The molecule has 0 unspecified atom stereocenters. The van der Waals surface area contributed by atoms with Gasteiger partial charge in [0.2, 0.25) is 0 Å². The Hall–Kier alpha value is -2.76. The van der Waals surface area contributed by atoms with Crippen LogP contribution in [0.2, 0.25) is 0 Å². The van der Waals surface area contributed by atoms with Crippen molar-refractivity contribution in [2.75, 3.05) is 31.6 Å². The van der Waals surface area contributed by atoms with Gasteiger partial charge in [-0.1, -0.05) is 12.1 Å². The Balaban J connectivity index is 1.65.